The largest absolute Gasteiger partial charge is 0.492 e. The van der Waals surface area contributed by atoms with Gasteiger partial charge in [-0.25, -0.2) is 0 Å². The first-order valence-corrected chi connectivity index (χ1v) is 6.45. The molecule has 2 atom stereocenters. The van der Waals surface area contributed by atoms with E-state index < -0.39 is 0 Å². The number of carbonyl (C=O) groups excluding carboxylic acids is 1. The Morgan fingerprint density at radius 2 is 2.22 bits per heavy atom. The van der Waals surface area contributed by atoms with Crippen molar-refractivity contribution in [3.8, 4) is 5.75 Å². The molecule has 4 nitrogen and oxygen atoms in total. The Morgan fingerprint density at radius 1 is 1.44 bits per heavy atom. The molecular weight excluding hydrogens is 228 g/mol. The van der Waals surface area contributed by atoms with Crippen LogP contribution < -0.4 is 15.4 Å². The van der Waals surface area contributed by atoms with E-state index >= 15 is 0 Å². The molecule has 1 saturated heterocycles. The zero-order valence-corrected chi connectivity index (χ0v) is 10.9. The SMILES string of the molecule is CCOc1ccccc1NC(=O)[C@@H]1CNC[C@H]1C. The Bertz CT molecular complexity index is 420. The summed E-state index contributed by atoms with van der Waals surface area (Å²) in [5, 5.41) is 6.20. The second-order valence-corrected chi connectivity index (χ2v) is 4.66. The average molecular weight is 248 g/mol. The van der Waals surface area contributed by atoms with Gasteiger partial charge in [-0.2, -0.15) is 0 Å². The normalized spacial score (nSPS) is 22.8. The molecule has 0 aromatic heterocycles. The van der Waals surface area contributed by atoms with E-state index in [4.69, 9.17) is 4.74 Å². The molecule has 1 aromatic carbocycles. The maximum Gasteiger partial charge on any atom is 0.229 e. The van der Waals surface area contributed by atoms with Gasteiger partial charge in [-0.1, -0.05) is 19.1 Å². The summed E-state index contributed by atoms with van der Waals surface area (Å²) in [5.74, 6) is 1.22. The number of hydrogen-bond donors (Lipinski definition) is 2. The third-order valence-electron chi connectivity index (χ3n) is 3.30. The van der Waals surface area contributed by atoms with Crippen LogP contribution in [-0.4, -0.2) is 25.6 Å². The second kappa shape index (κ2) is 5.87. The average Bonchev–Trinajstić information content (AvgIpc) is 2.78. The van der Waals surface area contributed by atoms with E-state index in [1.54, 1.807) is 0 Å². The van der Waals surface area contributed by atoms with Crippen LogP contribution in [0.4, 0.5) is 5.69 Å². The van der Waals surface area contributed by atoms with Crippen LogP contribution in [0.15, 0.2) is 24.3 Å². The van der Waals surface area contributed by atoms with Gasteiger partial charge >= 0.3 is 0 Å². The van der Waals surface area contributed by atoms with Crippen LogP contribution in [0, 0.1) is 11.8 Å². The molecule has 0 unspecified atom stereocenters. The van der Waals surface area contributed by atoms with Crippen molar-refractivity contribution in [3.63, 3.8) is 0 Å². The molecule has 18 heavy (non-hydrogen) atoms. The predicted octanol–water partition coefficient (Wildman–Crippen LogP) is 1.88. The lowest BCUT2D eigenvalue weighted by atomic mass is 9.97. The lowest BCUT2D eigenvalue weighted by Crippen LogP contribution is -2.28. The van der Waals surface area contributed by atoms with Gasteiger partial charge in [-0.3, -0.25) is 4.79 Å². The maximum absolute atomic E-state index is 12.2. The van der Waals surface area contributed by atoms with Crippen LogP contribution in [0.25, 0.3) is 0 Å². The van der Waals surface area contributed by atoms with E-state index in [1.165, 1.54) is 0 Å². The number of ether oxygens (including phenoxy) is 1. The Labute approximate surface area is 108 Å². The molecule has 2 rings (SSSR count). The van der Waals surface area contributed by atoms with Gasteiger partial charge < -0.3 is 15.4 Å². The zero-order chi connectivity index (χ0) is 13.0. The lowest BCUT2D eigenvalue weighted by Gasteiger charge is -2.16. The Morgan fingerprint density at radius 3 is 2.89 bits per heavy atom. The van der Waals surface area contributed by atoms with Crippen LogP contribution in [0.2, 0.25) is 0 Å². The number of anilines is 1. The van der Waals surface area contributed by atoms with Crippen molar-refractivity contribution in [3.05, 3.63) is 24.3 Å². The van der Waals surface area contributed by atoms with E-state index in [-0.39, 0.29) is 11.8 Å². The molecule has 1 amide bonds. The summed E-state index contributed by atoms with van der Waals surface area (Å²) in [7, 11) is 0. The quantitative estimate of drug-likeness (QED) is 0.855. The molecule has 1 heterocycles. The highest BCUT2D eigenvalue weighted by Crippen LogP contribution is 2.25. The molecule has 4 heteroatoms. The molecule has 2 N–H and O–H groups in total. The molecule has 0 radical (unpaired) electrons. The Kier molecular flexibility index (Phi) is 4.20. The van der Waals surface area contributed by atoms with Gasteiger partial charge in [-0.05, 0) is 31.5 Å². The first-order chi connectivity index (χ1) is 8.72. The van der Waals surface area contributed by atoms with Crippen LogP contribution in [0.5, 0.6) is 5.75 Å². The minimum atomic E-state index is 0.0414. The predicted molar refractivity (Wildman–Crippen MR) is 71.8 cm³/mol. The van der Waals surface area contributed by atoms with Gasteiger partial charge in [0.2, 0.25) is 5.91 Å². The fourth-order valence-corrected chi connectivity index (χ4v) is 2.24. The summed E-state index contributed by atoms with van der Waals surface area (Å²) in [6.07, 6.45) is 0. The van der Waals surface area contributed by atoms with Gasteiger partial charge in [0.15, 0.2) is 0 Å². The molecule has 1 fully saturated rings. The highest BCUT2D eigenvalue weighted by molar-refractivity contribution is 5.94. The number of carbonyl (C=O) groups is 1. The lowest BCUT2D eigenvalue weighted by molar-refractivity contribution is -0.120. The number of para-hydroxylation sites is 2. The third-order valence-corrected chi connectivity index (χ3v) is 3.30. The summed E-state index contributed by atoms with van der Waals surface area (Å²) in [4.78, 5) is 12.2. The van der Waals surface area contributed by atoms with Gasteiger partial charge in [-0.15, -0.1) is 0 Å². The minimum absolute atomic E-state index is 0.0414. The van der Waals surface area contributed by atoms with Crippen molar-refractivity contribution in [2.45, 2.75) is 13.8 Å². The van der Waals surface area contributed by atoms with Crippen LogP contribution in [-0.2, 0) is 4.79 Å². The smallest absolute Gasteiger partial charge is 0.229 e. The summed E-state index contributed by atoms with van der Waals surface area (Å²) >= 11 is 0. The van der Waals surface area contributed by atoms with Crippen molar-refractivity contribution >= 4 is 11.6 Å². The molecule has 0 saturated carbocycles. The molecule has 1 aromatic rings. The summed E-state index contributed by atoms with van der Waals surface area (Å²) in [5.41, 5.74) is 0.753. The van der Waals surface area contributed by atoms with Gasteiger partial charge in [0.05, 0.1) is 18.2 Å². The number of hydrogen-bond acceptors (Lipinski definition) is 3. The third kappa shape index (κ3) is 2.82. The zero-order valence-electron chi connectivity index (χ0n) is 10.9. The van der Waals surface area contributed by atoms with Crippen molar-refractivity contribution in [1.29, 1.82) is 0 Å². The van der Waals surface area contributed by atoms with Gasteiger partial charge in [0.1, 0.15) is 5.75 Å². The van der Waals surface area contributed by atoms with Crippen LogP contribution in [0.3, 0.4) is 0 Å². The second-order valence-electron chi connectivity index (χ2n) is 4.66. The van der Waals surface area contributed by atoms with Crippen molar-refractivity contribution in [2.75, 3.05) is 25.0 Å². The summed E-state index contributed by atoms with van der Waals surface area (Å²) in [6, 6.07) is 7.54. The summed E-state index contributed by atoms with van der Waals surface area (Å²) < 4.78 is 5.50. The fraction of sp³-hybridized carbons (Fsp3) is 0.500. The minimum Gasteiger partial charge on any atom is -0.492 e. The summed E-state index contributed by atoms with van der Waals surface area (Å²) in [6.45, 7) is 6.28. The highest BCUT2D eigenvalue weighted by atomic mass is 16.5. The highest BCUT2D eigenvalue weighted by Gasteiger charge is 2.29. The number of benzene rings is 1. The molecule has 1 aliphatic heterocycles. The van der Waals surface area contributed by atoms with Crippen LogP contribution in [0.1, 0.15) is 13.8 Å². The Hall–Kier alpha value is -1.55. The molecule has 1 aliphatic rings. The monoisotopic (exact) mass is 248 g/mol. The molecule has 0 aliphatic carbocycles. The van der Waals surface area contributed by atoms with Crippen molar-refractivity contribution < 1.29 is 9.53 Å². The van der Waals surface area contributed by atoms with E-state index in [0.717, 1.165) is 24.5 Å². The van der Waals surface area contributed by atoms with Crippen LogP contribution >= 0.6 is 0 Å². The van der Waals surface area contributed by atoms with Gasteiger partial charge in [0.25, 0.3) is 0 Å². The Balaban J connectivity index is 2.06. The number of amides is 1. The van der Waals surface area contributed by atoms with E-state index in [2.05, 4.69) is 17.6 Å². The first kappa shape index (κ1) is 12.9. The molecular formula is C14H20N2O2. The molecule has 0 bridgehead atoms. The van der Waals surface area contributed by atoms with E-state index in [1.807, 2.05) is 31.2 Å². The topological polar surface area (TPSA) is 50.4 Å². The fourth-order valence-electron chi connectivity index (χ4n) is 2.24. The van der Waals surface area contributed by atoms with E-state index in [0.29, 0.717) is 12.5 Å². The van der Waals surface area contributed by atoms with Gasteiger partial charge in [0, 0.05) is 6.54 Å². The van der Waals surface area contributed by atoms with Crippen molar-refractivity contribution in [1.82, 2.24) is 5.32 Å². The van der Waals surface area contributed by atoms with E-state index in [9.17, 15) is 4.79 Å². The number of nitrogens with one attached hydrogen (secondary N) is 2. The molecule has 98 valence electrons. The standard InChI is InChI=1S/C14H20N2O2/c1-3-18-13-7-5-4-6-12(13)16-14(17)11-9-15-8-10(11)2/h4-7,10-11,15H,3,8-9H2,1-2H3,(H,16,17)/t10-,11-/m1/s1. The number of rotatable bonds is 4. The van der Waals surface area contributed by atoms with Crippen molar-refractivity contribution in [2.24, 2.45) is 11.8 Å². The maximum atomic E-state index is 12.2. The molecule has 0 spiro atoms. The first-order valence-electron chi connectivity index (χ1n) is 6.45.